The van der Waals surface area contributed by atoms with E-state index >= 15 is 0 Å². The maximum absolute atomic E-state index is 13.4. The van der Waals surface area contributed by atoms with Gasteiger partial charge in [0.25, 0.3) is 11.5 Å². The molecule has 0 aliphatic carbocycles. The lowest BCUT2D eigenvalue weighted by Gasteiger charge is -2.15. The number of imide groups is 1. The van der Waals surface area contributed by atoms with E-state index in [0.717, 1.165) is 16.7 Å². The van der Waals surface area contributed by atoms with Crippen molar-refractivity contribution in [3.05, 3.63) is 105 Å². The number of para-hydroxylation sites is 1. The highest BCUT2D eigenvalue weighted by molar-refractivity contribution is 8.00. The van der Waals surface area contributed by atoms with Crippen LogP contribution in [-0.2, 0) is 16.6 Å². The minimum absolute atomic E-state index is 0.00164. The van der Waals surface area contributed by atoms with Crippen LogP contribution in [0.4, 0.5) is 11.4 Å². The number of carbonyl (C=O) groups excluding carboxylic acids is 3. The molecule has 5 rings (SSSR count). The van der Waals surface area contributed by atoms with Crippen LogP contribution in [0.1, 0.15) is 22.5 Å². The molecule has 3 aromatic carbocycles. The lowest BCUT2D eigenvalue weighted by atomic mass is 10.2. The van der Waals surface area contributed by atoms with Crippen molar-refractivity contribution in [1.82, 2.24) is 9.36 Å². The second-order valence-electron chi connectivity index (χ2n) is 8.74. The summed E-state index contributed by atoms with van der Waals surface area (Å²) in [6, 6.07) is 22.5. The molecule has 10 heteroatoms. The van der Waals surface area contributed by atoms with Crippen LogP contribution < -0.4 is 15.8 Å². The SMILES string of the molecule is Cc1c(NC(=O)c2ccccc2SC2CC(=O)N(c3ccc(Cl)cc3)C2=O)c(=O)n(-c2ccccc2)n1C. The molecule has 4 aromatic rings. The number of rotatable bonds is 6. The van der Waals surface area contributed by atoms with Gasteiger partial charge in [0.05, 0.1) is 27.9 Å². The Bertz CT molecular complexity index is 1610. The highest BCUT2D eigenvalue weighted by Crippen LogP contribution is 2.36. The van der Waals surface area contributed by atoms with Crippen LogP contribution in [0, 0.1) is 6.92 Å². The largest absolute Gasteiger partial charge is 0.316 e. The molecule has 1 aromatic heterocycles. The van der Waals surface area contributed by atoms with Crippen molar-refractivity contribution in [2.24, 2.45) is 7.05 Å². The van der Waals surface area contributed by atoms with Crippen LogP contribution in [0.2, 0.25) is 5.02 Å². The minimum Gasteiger partial charge on any atom is -0.316 e. The van der Waals surface area contributed by atoms with Crippen LogP contribution in [0.25, 0.3) is 5.69 Å². The molecule has 0 radical (unpaired) electrons. The number of anilines is 2. The molecule has 1 atom stereocenters. The Morgan fingerprint density at radius 3 is 2.29 bits per heavy atom. The topological polar surface area (TPSA) is 93.4 Å². The van der Waals surface area contributed by atoms with E-state index in [0.29, 0.717) is 32.6 Å². The maximum atomic E-state index is 13.4. The fourth-order valence-electron chi connectivity index (χ4n) is 4.36. The minimum atomic E-state index is -0.694. The summed E-state index contributed by atoms with van der Waals surface area (Å²) in [5.74, 6) is -1.16. The van der Waals surface area contributed by atoms with Crippen molar-refractivity contribution in [2.75, 3.05) is 10.2 Å². The van der Waals surface area contributed by atoms with Gasteiger partial charge in [-0.25, -0.2) is 9.58 Å². The van der Waals surface area contributed by atoms with Gasteiger partial charge in [-0.3, -0.25) is 23.9 Å². The Balaban J connectivity index is 1.39. The first-order valence-electron chi connectivity index (χ1n) is 11.8. The molecule has 0 saturated carbocycles. The molecule has 192 valence electrons. The number of hydrogen-bond acceptors (Lipinski definition) is 5. The predicted molar refractivity (Wildman–Crippen MR) is 148 cm³/mol. The number of aromatic nitrogens is 2. The molecule has 8 nitrogen and oxygen atoms in total. The van der Waals surface area contributed by atoms with E-state index in [4.69, 9.17) is 11.6 Å². The van der Waals surface area contributed by atoms with Gasteiger partial charge in [0.1, 0.15) is 5.69 Å². The number of hydrogen-bond donors (Lipinski definition) is 1. The molecule has 1 unspecified atom stereocenters. The van der Waals surface area contributed by atoms with Gasteiger partial charge >= 0.3 is 0 Å². The summed E-state index contributed by atoms with van der Waals surface area (Å²) in [6.45, 7) is 1.76. The molecule has 0 spiro atoms. The third kappa shape index (κ3) is 4.66. The van der Waals surface area contributed by atoms with E-state index in [1.165, 1.54) is 4.68 Å². The van der Waals surface area contributed by atoms with Crippen LogP contribution in [0.3, 0.4) is 0 Å². The molecular formula is C28H23ClN4O4S. The number of benzene rings is 3. The van der Waals surface area contributed by atoms with Crippen molar-refractivity contribution in [2.45, 2.75) is 23.5 Å². The third-order valence-electron chi connectivity index (χ3n) is 6.38. The molecule has 0 bridgehead atoms. The van der Waals surface area contributed by atoms with Crippen LogP contribution in [-0.4, -0.2) is 32.3 Å². The van der Waals surface area contributed by atoms with E-state index in [1.54, 1.807) is 67.2 Å². The van der Waals surface area contributed by atoms with Gasteiger partial charge in [0, 0.05) is 23.4 Å². The van der Waals surface area contributed by atoms with Crippen molar-refractivity contribution in [3.63, 3.8) is 0 Å². The van der Waals surface area contributed by atoms with Gasteiger partial charge in [-0.1, -0.05) is 41.9 Å². The molecule has 2 heterocycles. The fourth-order valence-corrected chi connectivity index (χ4v) is 5.67. The van der Waals surface area contributed by atoms with E-state index in [1.807, 2.05) is 30.3 Å². The molecule has 1 N–H and O–H groups in total. The van der Waals surface area contributed by atoms with Gasteiger partial charge in [-0.2, -0.15) is 0 Å². The first-order valence-corrected chi connectivity index (χ1v) is 13.1. The standard InChI is InChI=1S/C28H23ClN4O4S/c1-17-25(28(37)33(31(17)2)20-8-4-3-5-9-20)30-26(35)21-10-6-7-11-22(21)38-23-16-24(34)32(27(23)36)19-14-12-18(29)13-15-19/h3-15,23H,16H2,1-2H3,(H,30,35). The summed E-state index contributed by atoms with van der Waals surface area (Å²) >= 11 is 7.10. The molecule has 1 aliphatic heterocycles. The summed E-state index contributed by atoms with van der Waals surface area (Å²) in [5.41, 5.74) is 1.83. The maximum Gasteiger partial charge on any atom is 0.295 e. The summed E-state index contributed by atoms with van der Waals surface area (Å²) in [6.07, 6.45) is 0.00164. The summed E-state index contributed by atoms with van der Waals surface area (Å²) in [7, 11) is 1.75. The second-order valence-corrected chi connectivity index (χ2v) is 10.4. The lowest BCUT2D eigenvalue weighted by molar-refractivity contribution is -0.121. The number of carbonyl (C=O) groups is 3. The van der Waals surface area contributed by atoms with Gasteiger partial charge < -0.3 is 5.32 Å². The Hall–Kier alpha value is -4.08. The zero-order valence-corrected chi connectivity index (χ0v) is 22.1. The zero-order valence-electron chi connectivity index (χ0n) is 20.6. The van der Waals surface area contributed by atoms with Crippen molar-refractivity contribution < 1.29 is 14.4 Å². The van der Waals surface area contributed by atoms with Gasteiger partial charge in [0.2, 0.25) is 11.8 Å². The first kappa shape index (κ1) is 25.6. The Morgan fingerprint density at radius 2 is 1.58 bits per heavy atom. The summed E-state index contributed by atoms with van der Waals surface area (Å²) in [5, 5.41) is 2.58. The van der Waals surface area contributed by atoms with Crippen LogP contribution in [0.5, 0.6) is 0 Å². The average Bonchev–Trinajstić information content (AvgIpc) is 3.31. The summed E-state index contributed by atoms with van der Waals surface area (Å²) < 4.78 is 3.17. The fraction of sp³-hybridized carbons (Fsp3) is 0.143. The van der Waals surface area contributed by atoms with E-state index in [2.05, 4.69) is 5.32 Å². The molecule has 3 amide bonds. The Kier molecular flexibility index (Phi) is 6.96. The van der Waals surface area contributed by atoms with E-state index in [9.17, 15) is 19.2 Å². The van der Waals surface area contributed by atoms with Crippen molar-refractivity contribution in [3.8, 4) is 5.69 Å². The van der Waals surface area contributed by atoms with Crippen molar-refractivity contribution >= 4 is 52.5 Å². The molecule has 1 saturated heterocycles. The first-order chi connectivity index (χ1) is 18.3. The number of nitrogens with zero attached hydrogens (tertiary/aromatic N) is 3. The Labute approximate surface area is 227 Å². The highest BCUT2D eigenvalue weighted by atomic mass is 35.5. The Morgan fingerprint density at radius 1 is 0.921 bits per heavy atom. The summed E-state index contributed by atoms with van der Waals surface area (Å²) in [4.78, 5) is 54.1. The molecule has 1 aliphatic rings. The zero-order chi connectivity index (χ0) is 27.0. The van der Waals surface area contributed by atoms with E-state index < -0.39 is 11.2 Å². The quantitative estimate of drug-likeness (QED) is 0.350. The lowest BCUT2D eigenvalue weighted by Crippen LogP contribution is -2.31. The van der Waals surface area contributed by atoms with Crippen LogP contribution in [0.15, 0.2) is 88.6 Å². The van der Waals surface area contributed by atoms with E-state index in [-0.39, 0.29) is 29.5 Å². The average molecular weight is 547 g/mol. The third-order valence-corrected chi connectivity index (χ3v) is 7.90. The predicted octanol–water partition coefficient (Wildman–Crippen LogP) is 4.81. The van der Waals surface area contributed by atoms with Gasteiger partial charge in [-0.05, 0) is 55.5 Å². The molecular weight excluding hydrogens is 524 g/mol. The number of halogens is 1. The number of thioether (sulfide) groups is 1. The molecule has 1 fully saturated rings. The van der Waals surface area contributed by atoms with Crippen LogP contribution >= 0.6 is 23.4 Å². The number of amides is 3. The molecule has 38 heavy (non-hydrogen) atoms. The monoisotopic (exact) mass is 546 g/mol. The normalized spacial score (nSPS) is 15.2. The smallest absolute Gasteiger partial charge is 0.295 e. The highest BCUT2D eigenvalue weighted by Gasteiger charge is 2.40. The number of nitrogens with one attached hydrogen (secondary N) is 1. The van der Waals surface area contributed by atoms with Gasteiger partial charge in [0.15, 0.2) is 0 Å². The van der Waals surface area contributed by atoms with Gasteiger partial charge in [-0.15, -0.1) is 11.8 Å². The second kappa shape index (κ2) is 10.4. The van der Waals surface area contributed by atoms with Crippen molar-refractivity contribution in [1.29, 1.82) is 0 Å².